The standard InChI is InChI=1S/C9H14N4/c1-3-7-13(4-2)9-8(10)11-5-6-12-9/h3,5-6H,1,4,7H2,2H3,(H2,10,11). The first kappa shape index (κ1) is 9.51. The normalized spacial score (nSPS) is 9.62. The molecule has 2 N–H and O–H groups in total. The minimum atomic E-state index is 0.464. The van der Waals surface area contributed by atoms with Crippen LogP contribution < -0.4 is 10.6 Å². The van der Waals surface area contributed by atoms with Gasteiger partial charge in [-0.25, -0.2) is 9.97 Å². The molecular formula is C9H14N4. The van der Waals surface area contributed by atoms with E-state index in [2.05, 4.69) is 16.5 Å². The Balaban J connectivity index is 2.90. The topological polar surface area (TPSA) is 55.0 Å². The Morgan fingerprint density at radius 2 is 2.23 bits per heavy atom. The van der Waals surface area contributed by atoms with Gasteiger partial charge >= 0.3 is 0 Å². The van der Waals surface area contributed by atoms with Crippen LogP contribution in [-0.2, 0) is 0 Å². The monoisotopic (exact) mass is 178 g/mol. The molecule has 0 aliphatic rings. The molecule has 4 nitrogen and oxygen atoms in total. The van der Waals surface area contributed by atoms with Crippen molar-refractivity contribution in [1.29, 1.82) is 0 Å². The van der Waals surface area contributed by atoms with Gasteiger partial charge in [0, 0.05) is 25.5 Å². The molecule has 0 amide bonds. The lowest BCUT2D eigenvalue weighted by Crippen LogP contribution is -2.24. The fraction of sp³-hybridized carbons (Fsp3) is 0.333. The number of nitrogens with two attached hydrogens (primary N) is 1. The lowest BCUT2D eigenvalue weighted by Gasteiger charge is -2.20. The van der Waals surface area contributed by atoms with Gasteiger partial charge in [0.15, 0.2) is 11.6 Å². The third kappa shape index (κ3) is 2.18. The van der Waals surface area contributed by atoms with Crippen LogP contribution in [0.2, 0.25) is 0 Å². The van der Waals surface area contributed by atoms with Gasteiger partial charge in [-0.15, -0.1) is 6.58 Å². The van der Waals surface area contributed by atoms with E-state index in [0.29, 0.717) is 5.82 Å². The fourth-order valence-electron chi connectivity index (χ4n) is 1.11. The summed E-state index contributed by atoms with van der Waals surface area (Å²) < 4.78 is 0. The molecule has 70 valence electrons. The molecular weight excluding hydrogens is 164 g/mol. The van der Waals surface area contributed by atoms with E-state index in [1.165, 1.54) is 0 Å². The third-order valence-corrected chi connectivity index (χ3v) is 1.74. The van der Waals surface area contributed by atoms with Crippen LogP contribution in [0, 0.1) is 0 Å². The molecule has 0 spiro atoms. The maximum absolute atomic E-state index is 5.68. The van der Waals surface area contributed by atoms with E-state index in [1.54, 1.807) is 12.4 Å². The van der Waals surface area contributed by atoms with Crippen molar-refractivity contribution in [2.24, 2.45) is 0 Å². The molecule has 0 atom stereocenters. The Bertz CT molecular complexity index is 285. The van der Waals surface area contributed by atoms with Gasteiger partial charge in [0.05, 0.1) is 0 Å². The van der Waals surface area contributed by atoms with E-state index < -0.39 is 0 Å². The van der Waals surface area contributed by atoms with Crippen LogP contribution in [0.3, 0.4) is 0 Å². The zero-order valence-corrected chi connectivity index (χ0v) is 7.77. The van der Waals surface area contributed by atoms with Crippen molar-refractivity contribution in [3.63, 3.8) is 0 Å². The fourth-order valence-corrected chi connectivity index (χ4v) is 1.11. The zero-order chi connectivity index (χ0) is 9.68. The second-order valence-corrected chi connectivity index (χ2v) is 2.59. The summed E-state index contributed by atoms with van der Waals surface area (Å²) in [7, 11) is 0. The first-order valence-electron chi connectivity index (χ1n) is 4.22. The number of rotatable bonds is 4. The van der Waals surface area contributed by atoms with Crippen molar-refractivity contribution >= 4 is 11.6 Å². The lowest BCUT2D eigenvalue weighted by molar-refractivity contribution is 0.879. The van der Waals surface area contributed by atoms with Crippen molar-refractivity contribution in [2.75, 3.05) is 23.7 Å². The largest absolute Gasteiger partial charge is 0.381 e. The maximum atomic E-state index is 5.68. The number of hydrogen-bond donors (Lipinski definition) is 1. The average molecular weight is 178 g/mol. The van der Waals surface area contributed by atoms with E-state index in [0.717, 1.165) is 18.9 Å². The molecule has 13 heavy (non-hydrogen) atoms. The second-order valence-electron chi connectivity index (χ2n) is 2.59. The quantitative estimate of drug-likeness (QED) is 0.701. The molecule has 0 unspecified atom stereocenters. The number of nitrogen functional groups attached to an aromatic ring is 1. The molecule has 0 saturated heterocycles. The van der Waals surface area contributed by atoms with Crippen LogP contribution in [0.4, 0.5) is 11.6 Å². The van der Waals surface area contributed by atoms with Crippen LogP contribution >= 0.6 is 0 Å². The van der Waals surface area contributed by atoms with Crippen molar-refractivity contribution < 1.29 is 0 Å². The average Bonchev–Trinajstić information content (AvgIpc) is 2.16. The number of nitrogens with zero attached hydrogens (tertiary/aromatic N) is 3. The Labute approximate surface area is 78.1 Å². The predicted molar refractivity (Wildman–Crippen MR) is 54.5 cm³/mol. The van der Waals surface area contributed by atoms with Gasteiger partial charge in [-0.1, -0.05) is 6.08 Å². The molecule has 1 heterocycles. The van der Waals surface area contributed by atoms with Crippen LogP contribution in [0.15, 0.2) is 25.0 Å². The van der Waals surface area contributed by atoms with E-state index in [4.69, 9.17) is 5.73 Å². The molecule has 0 bridgehead atoms. The summed E-state index contributed by atoms with van der Waals surface area (Å²) in [5.74, 6) is 1.19. The van der Waals surface area contributed by atoms with Crippen LogP contribution in [0.25, 0.3) is 0 Å². The van der Waals surface area contributed by atoms with Crippen molar-refractivity contribution in [1.82, 2.24) is 9.97 Å². The van der Waals surface area contributed by atoms with E-state index in [9.17, 15) is 0 Å². The Hall–Kier alpha value is -1.58. The smallest absolute Gasteiger partial charge is 0.171 e. The highest BCUT2D eigenvalue weighted by Crippen LogP contribution is 2.15. The maximum Gasteiger partial charge on any atom is 0.171 e. The highest BCUT2D eigenvalue weighted by atomic mass is 15.2. The molecule has 4 heteroatoms. The van der Waals surface area contributed by atoms with Gasteiger partial charge in [-0.2, -0.15) is 0 Å². The number of aromatic nitrogens is 2. The molecule has 0 aliphatic carbocycles. The van der Waals surface area contributed by atoms with Crippen LogP contribution in [-0.4, -0.2) is 23.1 Å². The lowest BCUT2D eigenvalue weighted by atomic mass is 10.4. The van der Waals surface area contributed by atoms with Gasteiger partial charge in [0.1, 0.15) is 0 Å². The highest BCUT2D eigenvalue weighted by molar-refractivity contribution is 5.57. The summed E-state index contributed by atoms with van der Waals surface area (Å²) in [4.78, 5) is 10.1. The molecule has 1 aromatic heterocycles. The van der Waals surface area contributed by atoms with E-state index in [-0.39, 0.29) is 0 Å². The molecule has 1 rings (SSSR count). The zero-order valence-electron chi connectivity index (χ0n) is 7.77. The van der Waals surface area contributed by atoms with E-state index in [1.807, 2.05) is 17.9 Å². The predicted octanol–water partition coefficient (Wildman–Crippen LogP) is 1.07. The minimum absolute atomic E-state index is 0.464. The summed E-state index contributed by atoms with van der Waals surface area (Å²) in [6.07, 6.45) is 5.04. The third-order valence-electron chi connectivity index (χ3n) is 1.74. The Morgan fingerprint density at radius 1 is 1.54 bits per heavy atom. The van der Waals surface area contributed by atoms with Crippen LogP contribution in [0.5, 0.6) is 0 Å². The molecule has 0 aliphatic heterocycles. The first-order valence-corrected chi connectivity index (χ1v) is 4.22. The van der Waals surface area contributed by atoms with Gasteiger partial charge in [-0.05, 0) is 6.92 Å². The first-order chi connectivity index (χ1) is 6.29. The summed E-state index contributed by atoms with van der Waals surface area (Å²) in [6, 6.07) is 0. The van der Waals surface area contributed by atoms with Crippen molar-refractivity contribution in [2.45, 2.75) is 6.92 Å². The number of likely N-dealkylation sites (N-methyl/N-ethyl adjacent to an activating group) is 1. The Morgan fingerprint density at radius 3 is 2.77 bits per heavy atom. The molecule has 0 fully saturated rings. The van der Waals surface area contributed by atoms with E-state index >= 15 is 0 Å². The van der Waals surface area contributed by atoms with Crippen LogP contribution in [0.1, 0.15) is 6.92 Å². The SMILES string of the molecule is C=CCN(CC)c1nccnc1N. The van der Waals surface area contributed by atoms with Gasteiger partial charge in [0.25, 0.3) is 0 Å². The molecule has 0 aromatic carbocycles. The number of anilines is 2. The van der Waals surface area contributed by atoms with Crippen molar-refractivity contribution in [3.05, 3.63) is 25.0 Å². The second kappa shape index (κ2) is 4.45. The van der Waals surface area contributed by atoms with Gasteiger partial charge < -0.3 is 10.6 Å². The minimum Gasteiger partial charge on any atom is -0.381 e. The summed E-state index contributed by atoms with van der Waals surface area (Å²) in [5.41, 5.74) is 5.68. The summed E-state index contributed by atoms with van der Waals surface area (Å²) in [6.45, 7) is 7.29. The van der Waals surface area contributed by atoms with Gasteiger partial charge in [0.2, 0.25) is 0 Å². The summed E-state index contributed by atoms with van der Waals surface area (Å²) in [5, 5.41) is 0. The van der Waals surface area contributed by atoms with Crippen molar-refractivity contribution in [3.8, 4) is 0 Å². The number of hydrogen-bond acceptors (Lipinski definition) is 4. The molecule has 0 saturated carbocycles. The summed E-state index contributed by atoms with van der Waals surface area (Å²) >= 11 is 0. The molecule has 0 radical (unpaired) electrons. The molecule has 1 aromatic rings. The van der Waals surface area contributed by atoms with Gasteiger partial charge in [-0.3, -0.25) is 0 Å². The highest BCUT2D eigenvalue weighted by Gasteiger charge is 2.07. The Kier molecular flexibility index (Phi) is 3.25.